The fourth-order valence-corrected chi connectivity index (χ4v) is 2.39. The van der Waals surface area contributed by atoms with Crippen molar-refractivity contribution in [3.8, 4) is 11.3 Å². The van der Waals surface area contributed by atoms with E-state index >= 15 is 0 Å². The molecule has 0 saturated carbocycles. The molecule has 7 heteroatoms. The lowest BCUT2D eigenvalue weighted by atomic mass is 10.0. The van der Waals surface area contributed by atoms with Crippen LogP contribution in [-0.4, -0.2) is 9.91 Å². The van der Waals surface area contributed by atoms with Crippen LogP contribution in [0.15, 0.2) is 54.7 Å². The SMILES string of the molecule is O=[N+]([O-])c1cc(C(F)(F)F)ccc1-c1nccc2ccccc12. The summed E-state index contributed by atoms with van der Waals surface area (Å²) in [6, 6.07) is 11.3. The number of hydrogen-bond donors (Lipinski definition) is 0. The standard InChI is InChI=1S/C16H9F3N2O2/c17-16(18,19)11-5-6-13(14(9-11)21(22)23)15-12-4-2-1-3-10(12)7-8-20-15/h1-9H. The predicted octanol–water partition coefficient (Wildman–Crippen LogP) is 4.83. The van der Waals surface area contributed by atoms with E-state index in [0.29, 0.717) is 11.5 Å². The number of alkyl halides is 3. The zero-order valence-electron chi connectivity index (χ0n) is 11.5. The van der Waals surface area contributed by atoms with E-state index in [1.807, 2.05) is 0 Å². The van der Waals surface area contributed by atoms with E-state index in [0.717, 1.165) is 17.5 Å². The fourth-order valence-electron chi connectivity index (χ4n) is 2.39. The fraction of sp³-hybridized carbons (Fsp3) is 0.0625. The minimum Gasteiger partial charge on any atom is -0.258 e. The van der Waals surface area contributed by atoms with Crippen molar-refractivity contribution in [2.45, 2.75) is 6.18 Å². The second-order valence-electron chi connectivity index (χ2n) is 4.87. The number of halogens is 3. The Hall–Kier alpha value is -2.96. The first kappa shape index (κ1) is 15.0. The normalized spacial score (nSPS) is 11.6. The minimum atomic E-state index is -4.64. The van der Waals surface area contributed by atoms with Crippen molar-refractivity contribution in [1.82, 2.24) is 4.98 Å². The summed E-state index contributed by atoms with van der Waals surface area (Å²) in [7, 11) is 0. The maximum Gasteiger partial charge on any atom is 0.416 e. The van der Waals surface area contributed by atoms with Gasteiger partial charge in [-0.15, -0.1) is 0 Å². The Labute approximate surface area is 128 Å². The van der Waals surface area contributed by atoms with Crippen molar-refractivity contribution in [1.29, 1.82) is 0 Å². The van der Waals surface area contributed by atoms with Gasteiger partial charge in [-0.25, -0.2) is 0 Å². The molecule has 1 aromatic heterocycles. The number of fused-ring (bicyclic) bond motifs is 1. The van der Waals surface area contributed by atoms with Gasteiger partial charge in [-0.3, -0.25) is 15.1 Å². The maximum absolute atomic E-state index is 12.8. The molecule has 0 N–H and O–H groups in total. The molecule has 0 aliphatic carbocycles. The van der Waals surface area contributed by atoms with Gasteiger partial charge in [-0.05, 0) is 23.6 Å². The van der Waals surface area contributed by atoms with Crippen LogP contribution >= 0.6 is 0 Å². The number of nitro groups is 1. The van der Waals surface area contributed by atoms with Crippen molar-refractivity contribution >= 4 is 16.5 Å². The van der Waals surface area contributed by atoms with E-state index in [2.05, 4.69) is 4.98 Å². The molecule has 0 aliphatic rings. The monoisotopic (exact) mass is 318 g/mol. The Bertz CT molecular complexity index is 902. The minimum absolute atomic E-state index is 0.0554. The van der Waals surface area contributed by atoms with Crippen LogP contribution in [0, 0.1) is 10.1 Å². The third-order valence-electron chi connectivity index (χ3n) is 3.45. The number of aromatic nitrogens is 1. The van der Waals surface area contributed by atoms with Gasteiger partial charge < -0.3 is 0 Å². The van der Waals surface area contributed by atoms with E-state index in [9.17, 15) is 23.3 Å². The van der Waals surface area contributed by atoms with Gasteiger partial charge in [0.25, 0.3) is 5.69 Å². The summed E-state index contributed by atoms with van der Waals surface area (Å²) in [5, 5.41) is 12.7. The number of nitrogens with zero attached hydrogens (tertiary/aromatic N) is 2. The van der Waals surface area contributed by atoms with E-state index in [1.54, 1.807) is 30.3 Å². The highest BCUT2D eigenvalue weighted by molar-refractivity contribution is 5.96. The lowest BCUT2D eigenvalue weighted by molar-refractivity contribution is -0.384. The van der Waals surface area contributed by atoms with Gasteiger partial charge in [0.05, 0.1) is 21.7 Å². The van der Waals surface area contributed by atoms with Gasteiger partial charge in [-0.1, -0.05) is 24.3 Å². The van der Waals surface area contributed by atoms with Gasteiger partial charge in [0, 0.05) is 17.6 Å². The van der Waals surface area contributed by atoms with Crippen LogP contribution in [0.25, 0.3) is 22.0 Å². The predicted molar refractivity (Wildman–Crippen MR) is 78.8 cm³/mol. The smallest absolute Gasteiger partial charge is 0.258 e. The number of rotatable bonds is 2. The highest BCUT2D eigenvalue weighted by Crippen LogP contribution is 2.38. The summed E-state index contributed by atoms with van der Waals surface area (Å²) in [5.74, 6) is 0. The first-order chi connectivity index (χ1) is 10.9. The summed E-state index contributed by atoms with van der Waals surface area (Å²) < 4.78 is 38.3. The zero-order chi connectivity index (χ0) is 16.6. The van der Waals surface area contributed by atoms with Crippen molar-refractivity contribution in [3.05, 3.63) is 70.4 Å². The van der Waals surface area contributed by atoms with E-state index in [4.69, 9.17) is 0 Å². The molecule has 3 rings (SSSR count). The van der Waals surface area contributed by atoms with Gasteiger partial charge >= 0.3 is 6.18 Å². The van der Waals surface area contributed by atoms with Crippen LogP contribution in [-0.2, 0) is 6.18 Å². The molecule has 2 aromatic carbocycles. The largest absolute Gasteiger partial charge is 0.416 e. The number of benzene rings is 2. The van der Waals surface area contributed by atoms with Crippen molar-refractivity contribution in [3.63, 3.8) is 0 Å². The molecule has 0 aliphatic heterocycles. The van der Waals surface area contributed by atoms with Crippen LogP contribution in [0.4, 0.5) is 18.9 Å². The van der Waals surface area contributed by atoms with Gasteiger partial charge in [0.1, 0.15) is 0 Å². The molecule has 0 atom stereocenters. The summed E-state index contributed by atoms with van der Waals surface area (Å²) >= 11 is 0. The van der Waals surface area contributed by atoms with Gasteiger partial charge in [0.2, 0.25) is 0 Å². The molecule has 1 heterocycles. The molecule has 0 unspecified atom stereocenters. The Morgan fingerprint density at radius 2 is 1.78 bits per heavy atom. The third-order valence-corrected chi connectivity index (χ3v) is 3.45. The van der Waals surface area contributed by atoms with Crippen LogP contribution < -0.4 is 0 Å². The lowest BCUT2D eigenvalue weighted by Gasteiger charge is -2.10. The highest BCUT2D eigenvalue weighted by Gasteiger charge is 2.33. The quantitative estimate of drug-likeness (QED) is 0.502. The van der Waals surface area contributed by atoms with Crippen molar-refractivity contribution < 1.29 is 18.1 Å². The molecule has 4 nitrogen and oxygen atoms in total. The first-order valence-corrected chi connectivity index (χ1v) is 6.57. The highest BCUT2D eigenvalue weighted by atomic mass is 19.4. The molecule has 0 bridgehead atoms. The maximum atomic E-state index is 12.8. The van der Waals surface area contributed by atoms with Crippen LogP contribution in [0.3, 0.4) is 0 Å². The second kappa shape index (κ2) is 5.35. The second-order valence-corrected chi connectivity index (χ2v) is 4.87. The Morgan fingerprint density at radius 3 is 2.48 bits per heavy atom. The number of hydrogen-bond acceptors (Lipinski definition) is 3. The number of nitro benzene ring substituents is 1. The molecular formula is C16H9F3N2O2. The molecule has 0 radical (unpaired) electrons. The lowest BCUT2D eigenvalue weighted by Crippen LogP contribution is -2.06. The Balaban J connectivity index is 2.29. The molecule has 116 valence electrons. The summed E-state index contributed by atoms with van der Waals surface area (Å²) in [4.78, 5) is 14.5. The average molecular weight is 318 g/mol. The van der Waals surface area contributed by atoms with Crippen molar-refractivity contribution in [2.75, 3.05) is 0 Å². The third kappa shape index (κ3) is 2.73. The average Bonchev–Trinajstić information content (AvgIpc) is 2.53. The van der Waals surface area contributed by atoms with Crippen LogP contribution in [0.1, 0.15) is 5.56 Å². The zero-order valence-corrected chi connectivity index (χ0v) is 11.5. The molecule has 0 amide bonds. The first-order valence-electron chi connectivity index (χ1n) is 6.57. The van der Waals surface area contributed by atoms with E-state index in [1.165, 1.54) is 6.20 Å². The summed E-state index contributed by atoms with van der Waals surface area (Å²) in [6.07, 6.45) is -3.17. The summed E-state index contributed by atoms with van der Waals surface area (Å²) in [6.45, 7) is 0. The molecule has 23 heavy (non-hydrogen) atoms. The molecule has 0 fully saturated rings. The van der Waals surface area contributed by atoms with Crippen LogP contribution in [0.5, 0.6) is 0 Å². The van der Waals surface area contributed by atoms with E-state index in [-0.39, 0.29) is 11.3 Å². The topological polar surface area (TPSA) is 56.0 Å². The molecular weight excluding hydrogens is 309 g/mol. The van der Waals surface area contributed by atoms with Crippen molar-refractivity contribution in [2.24, 2.45) is 0 Å². The number of pyridine rings is 1. The Morgan fingerprint density at radius 1 is 1.04 bits per heavy atom. The molecule has 0 saturated heterocycles. The molecule has 0 spiro atoms. The van der Waals surface area contributed by atoms with Gasteiger partial charge in [0.15, 0.2) is 0 Å². The van der Waals surface area contributed by atoms with Gasteiger partial charge in [-0.2, -0.15) is 13.2 Å². The summed E-state index contributed by atoms with van der Waals surface area (Å²) in [5.41, 5.74) is -1.35. The van der Waals surface area contributed by atoms with Crippen LogP contribution in [0.2, 0.25) is 0 Å². The Kier molecular flexibility index (Phi) is 3.48. The molecule has 3 aromatic rings. The van der Waals surface area contributed by atoms with E-state index < -0.39 is 22.4 Å².